The fourth-order valence-electron chi connectivity index (χ4n) is 5.38. The predicted molar refractivity (Wildman–Crippen MR) is 268 cm³/mol. The summed E-state index contributed by atoms with van der Waals surface area (Å²) in [5.74, 6) is -0.234. The van der Waals surface area contributed by atoms with E-state index in [1.54, 1.807) is 0 Å². The van der Waals surface area contributed by atoms with Gasteiger partial charge in [-0.25, -0.2) is 0 Å². The van der Waals surface area contributed by atoms with Crippen molar-refractivity contribution in [2.45, 2.75) is 32.2 Å². The summed E-state index contributed by atoms with van der Waals surface area (Å²) in [4.78, 5) is 22.6. The molecule has 0 aromatic rings. The molecule has 73 heavy (non-hydrogen) atoms. The van der Waals surface area contributed by atoms with Gasteiger partial charge in [-0.1, -0.05) is 6.42 Å². The monoisotopic (exact) mass is 1070 g/mol. The van der Waals surface area contributed by atoms with Gasteiger partial charge >= 0.3 is 0 Å². The Morgan fingerprint density at radius 3 is 0.658 bits per heavy atom. The molecule has 0 heterocycles. The molecule has 0 aromatic carbocycles. The van der Waals surface area contributed by atoms with Crippen molar-refractivity contribution in [3.8, 4) is 0 Å². The number of rotatable bonds is 65. The van der Waals surface area contributed by atoms with Gasteiger partial charge in [-0.3, -0.25) is 9.59 Å². The molecule has 25 nitrogen and oxygen atoms in total. The predicted octanol–water partition coefficient (Wildman–Crippen LogP) is -0.990. The molecule has 0 rings (SSSR count). The lowest BCUT2D eigenvalue weighted by Gasteiger charge is -2.12. The highest BCUT2D eigenvalue weighted by atomic mass is 16.6. The molecule has 25 heteroatoms. The molecule has 0 fully saturated rings. The first-order chi connectivity index (χ1) is 36.1. The van der Waals surface area contributed by atoms with Gasteiger partial charge in [0.1, 0.15) is 0 Å². The molecule has 0 aliphatic carbocycles. The third-order valence-corrected chi connectivity index (χ3v) is 9.17. The lowest BCUT2D eigenvalue weighted by Crippen LogP contribution is -2.41. The lowest BCUT2D eigenvalue weighted by molar-refractivity contribution is -0.123. The number of unbranched alkanes of at least 4 members (excludes halogenated alkanes) is 1. The summed E-state index contributed by atoms with van der Waals surface area (Å²) in [5, 5.41) is 5.43. The van der Waals surface area contributed by atoms with Gasteiger partial charge in [0.15, 0.2) is 0 Å². The third kappa shape index (κ3) is 64.3. The molecule has 0 aromatic heterocycles. The second-order valence-corrected chi connectivity index (χ2v) is 15.3. The zero-order chi connectivity index (χ0) is 52.7. The van der Waals surface area contributed by atoms with Crippen molar-refractivity contribution >= 4 is 11.8 Å². The van der Waals surface area contributed by atoms with Crippen molar-refractivity contribution in [1.82, 2.24) is 10.6 Å². The highest BCUT2D eigenvalue weighted by molar-refractivity contribution is 5.81. The van der Waals surface area contributed by atoms with E-state index in [-0.39, 0.29) is 11.8 Å². The number of carbonyl (C=O) groups excluding carboxylic acids is 2. The Morgan fingerprint density at radius 1 is 0.301 bits per heavy atom. The molecule has 0 unspecified atom stereocenters. The second kappa shape index (κ2) is 64.4. The Balaban J connectivity index is 3.11. The molecule has 1 atom stereocenters. The van der Waals surface area contributed by atoms with Gasteiger partial charge in [0.2, 0.25) is 11.8 Å². The maximum absolute atomic E-state index is 11.9. The summed E-state index contributed by atoms with van der Waals surface area (Å²) in [7, 11) is 0. The third-order valence-electron chi connectivity index (χ3n) is 9.17. The van der Waals surface area contributed by atoms with Gasteiger partial charge < -0.3 is 112 Å². The van der Waals surface area contributed by atoms with Gasteiger partial charge in [-0.2, -0.15) is 0 Å². The van der Waals surface area contributed by atoms with Crippen LogP contribution in [0, 0.1) is 0 Å². The summed E-state index contributed by atoms with van der Waals surface area (Å²) in [6.45, 7) is 21.1. The van der Waals surface area contributed by atoms with Gasteiger partial charge in [0.05, 0.1) is 257 Å². The Kier molecular flexibility index (Phi) is 62.7. The van der Waals surface area contributed by atoms with E-state index in [0.717, 1.165) is 12.8 Å². The van der Waals surface area contributed by atoms with E-state index in [2.05, 4.69) is 10.6 Å². The molecule has 0 saturated carbocycles. The number of hydrogen-bond donors (Lipinski definition) is 4. The number of nitrogens with one attached hydrogen (secondary N) is 2. The van der Waals surface area contributed by atoms with Crippen LogP contribution in [-0.2, 0) is 99.6 Å². The van der Waals surface area contributed by atoms with Crippen LogP contribution in [0.5, 0.6) is 0 Å². The number of hydrogen-bond acceptors (Lipinski definition) is 23. The zero-order valence-corrected chi connectivity index (χ0v) is 44.4. The van der Waals surface area contributed by atoms with Crippen LogP contribution in [0.25, 0.3) is 0 Å². The maximum atomic E-state index is 11.9. The van der Waals surface area contributed by atoms with E-state index >= 15 is 0 Å². The van der Waals surface area contributed by atoms with Gasteiger partial charge in [-0.05, 0) is 19.4 Å². The van der Waals surface area contributed by atoms with Crippen LogP contribution < -0.4 is 22.1 Å². The molecule has 6 N–H and O–H groups in total. The Hall–Kier alpha value is -1.90. The fourth-order valence-corrected chi connectivity index (χ4v) is 5.38. The van der Waals surface area contributed by atoms with Gasteiger partial charge in [-0.15, -0.1) is 0 Å². The van der Waals surface area contributed by atoms with E-state index in [1.165, 1.54) is 6.92 Å². The number of nitrogens with two attached hydrogens (primary N) is 2. The minimum absolute atomic E-state index is 0.0674. The highest BCUT2D eigenvalue weighted by Crippen LogP contribution is 1.98. The van der Waals surface area contributed by atoms with Crippen molar-refractivity contribution in [1.29, 1.82) is 0 Å². The zero-order valence-electron chi connectivity index (χ0n) is 44.4. The lowest BCUT2D eigenvalue weighted by atomic mass is 10.1. The quantitative estimate of drug-likeness (QED) is 0.0532. The Bertz CT molecular complexity index is 1090. The first kappa shape index (κ1) is 71.1. The van der Waals surface area contributed by atoms with E-state index in [4.69, 9.17) is 101 Å². The largest absolute Gasteiger partial charge is 0.377 e. The number of ether oxygens (including phenoxy) is 19. The van der Waals surface area contributed by atoms with Crippen LogP contribution in [0.2, 0.25) is 0 Å². The van der Waals surface area contributed by atoms with Crippen molar-refractivity contribution in [2.24, 2.45) is 11.5 Å². The van der Waals surface area contributed by atoms with Gasteiger partial charge in [0.25, 0.3) is 0 Å². The van der Waals surface area contributed by atoms with Crippen molar-refractivity contribution in [3.05, 3.63) is 0 Å². The molecule has 0 aliphatic rings. The topological polar surface area (TPSA) is 286 Å². The fraction of sp³-hybridized carbons (Fsp3) is 0.958. The van der Waals surface area contributed by atoms with Crippen molar-refractivity contribution in [2.75, 3.05) is 271 Å². The molecular formula is C48H98N4O21. The summed E-state index contributed by atoms with van der Waals surface area (Å²) in [5.41, 5.74) is 11.3. The van der Waals surface area contributed by atoms with Crippen molar-refractivity contribution < 1.29 is 99.6 Å². The maximum Gasteiger partial charge on any atom is 0.236 e. The van der Waals surface area contributed by atoms with Crippen LogP contribution in [0.4, 0.5) is 0 Å². The van der Waals surface area contributed by atoms with Crippen LogP contribution in [0.3, 0.4) is 0 Å². The summed E-state index contributed by atoms with van der Waals surface area (Å²) in [6.07, 6.45) is 2.34. The molecule has 436 valence electrons. The van der Waals surface area contributed by atoms with Crippen LogP contribution in [0.15, 0.2) is 0 Å². The van der Waals surface area contributed by atoms with Crippen LogP contribution in [-0.4, -0.2) is 289 Å². The van der Waals surface area contributed by atoms with Crippen LogP contribution >= 0.6 is 0 Å². The molecule has 2 amide bonds. The normalized spacial score (nSPS) is 12.0. The van der Waals surface area contributed by atoms with Crippen molar-refractivity contribution in [3.63, 3.8) is 0 Å². The number of amides is 2. The molecule has 0 bridgehead atoms. The van der Waals surface area contributed by atoms with Gasteiger partial charge in [0, 0.05) is 20.0 Å². The summed E-state index contributed by atoms with van der Waals surface area (Å²) in [6, 6.07) is -0.506. The first-order valence-electron chi connectivity index (χ1n) is 26.0. The van der Waals surface area contributed by atoms with Crippen LogP contribution in [0.1, 0.15) is 26.2 Å². The highest BCUT2D eigenvalue weighted by Gasteiger charge is 2.12. The standard InChI is InChI=1S/C48H98N4O21/c1-46(53)51-6-8-55-10-12-57-14-16-59-18-20-61-22-24-63-26-28-65-30-32-67-34-36-69-38-40-71-42-44-73-45-43-72-41-39-70-37-35-68-33-31-66-29-27-64-25-23-62-21-19-60-17-15-58-13-11-56-9-7-52-48(54)47(50)4-2-3-5-49/h47H,2-45,49-50H2,1H3,(H,51,53)(H,52,54)/t47-/m1/s1. The Labute approximate surface area is 435 Å². The Morgan fingerprint density at radius 2 is 0.479 bits per heavy atom. The molecular weight excluding hydrogens is 969 g/mol. The average Bonchev–Trinajstić information content (AvgIpc) is 3.39. The molecule has 0 radical (unpaired) electrons. The summed E-state index contributed by atoms with van der Waals surface area (Å²) < 4.78 is 104. The average molecular weight is 1070 g/mol. The second-order valence-electron chi connectivity index (χ2n) is 15.3. The smallest absolute Gasteiger partial charge is 0.236 e. The summed E-state index contributed by atoms with van der Waals surface area (Å²) >= 11 is 0. The van der Waals surface area contributed by atoms with E-state index < -0.39 is 6.04 Å². The molecule has 0 spiro atoms. The number of carbonyl (C=O) groups is 2. The first-order valence-corrected chi connectivity index (χ1v) is 26.0. The molecule has 0 saturated heterocycles. The van der Waals surface area contributed by atoms with E-state index in [0.29, 0.717) is 277 Å². The molecule has 0 aliphatic heterocycles. The van der Waals surface area contributed by atoms with E-state index in [1.807, 2.05) is 0 Å². The SMILES string of the molecule is CC(=O)NCCOCCOCCOCCOCCOCCOCCOCCOCCOCCOCCOCCOCCOCCOCCOCCOCCOCCOCCOCCNC(=O)[C@H](N)CCCCN. The minimum Gasteiger partial charge on any atom is -0.377 e. The van der Waals surface area contributed by atoms with E-state index in [9.17, 15) is 9.59 Å². The minimum atomic E-state index is -0.506.